The molecule has 6 heteroatoms. The number of amides is 2. The number of β-amino-alcohol motifs (C(OH)–C–C–N with tert-alkyl or cyclic N) is 1. The van der Waals surface area contributed by atoms with Crippen LogP contribution in [0.15, 0.2) is 24.3 Å². The molecule has 0 bridgehead atoms. The predicted molar refractivity (Wildman–Crippen MR) is 76.9 cm³/mol. The number of benzene rings is 1. The first kappa shape index (κ1) is 15.3. The van der Waals surface area contributed by atoms with Crippen LogP contribution in [-0.2, 0) is 4.79 Å². The number of carbonyl (C=O) groups is 2. The molecule has 2 amide bonds. The Balaban J connectivity index is 2.07. The Morgan fingerprint density at radius 2 is 2.05 bits per heavy atom. The van der Waals surface area contributed by atoms with Crippen molar-refractivity contribution in [1.82, 2.24) is 10.2 Å². The molecule has 21 heavy (non-hydrogen) atoms. The zero-order valence-corrected chi connectivity index (χ0v) is 12.1. The van der Waals surface area contributed by atoms with Crippen LogP contribution in [0.1, 0.15) is 30.5 Å². The van der Waals surface area contributed by atoms with Crippen LogP contribution in [-0.4, -0.2) is 45.8 Å². The average molecular weight is 292 g/mol. The van der Waals surface area contributed by atoms with Crippen molar-refractivity contribution in [3.8, 4) is 0 Å². The minimum Gasteiger partial charge on any atom is -0.480 e. The van der Waals surface area contributed by atoms with Gasteiger partial charge in [0.15, 0.2) is 0 Å². The van der Waals surface area contributed by atoms with Gasteiger partial charge in [0.05, 0.1) is 12.1 Å². The molecule has 6 nitrogen and oxygen atoms in total. The normalized spacial score (nSPS) is 22.9. The van der Waals surface area contributed by atoms with Crippen LogP contribution in [0.3, 0.4) is 0 Å². The molecule has 0 spiro atoms. The number of carboxylic acid groups (broad SMARTS) is 1. The van der Waals surface area contributed by atoms with Crippen molar-refractivity contribution in [2.24, 2.45) is 0 Å². The van der Waals surface area contributed by atoms with Crippen LogP contribution in [0.5, 0.6) is 0 Å². The minimum atomic E-state index is -1.09. The van der Waals surface area contributed by atoms with Crippen molar-refractivity contribution < 1.29 is 19.8 Å². The van der Waals surface area contributed by atoms with E-state index in [0.717, 1.165) is 11.1 Å². The fourth-order valence-corrected chi connectivity index (χ4v) is 2.69. The van der Waals surface area contributed by atoms with E-state index in [1.54, 1.807) is 0 Å². The fourth-order valence-electron chi connectivity index (χ4n) is 2.69. The summed E-state index contributed by atoms with van der Waals surface area (Å²) in [6, 6.07) is 6.03. The summed E-state index contributed by atoms with van der Waals surface area (Å²) in [5, 5.41) is 21.5. The Hall–Kier alpha value is -2.08. The maximum absolute atomic E-state index is 12.2. The first-order chi connectivity index (χ1) is 9.90. The highest BCUT2D eigenvalue weighted by Crippen LogP contribution is 2.21. The van der Waals surface area contributed by atoms with Crippen molar-refractivity contribution in [2.45, 2.75) is 38.5 Å². The van der Waals surface area contributed by atoms with E-state index >= 15 is 0 Å². The summed E-state index contributed by atoms with van der Waals surface area (Å²) in [7, 11) is 0. The highest BCUT2D eigenvalue weighted by Gasteiger charge is 2.39. The van der Waals surface area contributed by atoms with Gasteiger partial charge < -0.3 is 20.4 Å². The summed E-state index contributed by atoms with van der Waals surface area (Å²) in [5.41, 5.74) is 2.04. The van der Waals surface area contributed by atoms with Crippen LogP contribution in [0, 0.1) is 6.92 Å². The number of nitrogens with zero attached hydrogens (tertiary/aromatic N) is 1. The fraction of sp³-hybridized carbons (Fsp3) is 0.467. The first-order valence-corrected chi connectivity index (χ1v) is 6.93. The van der Waals surface area contributed by atoms with Crippen molar-refractivity contribution in [1.29, 1.82) is 0 Å². The lowest BCUT2D eigenvalue weighted by Crippen LogP contribution is -2.46. The van der Waals surface area contributed by atoms with Crippen LogP contribution in [0.25, 0.3) is 0 Å². The Morgan fingerprint density at radius 3 is 2.67 bits per heavy atom. The first-order valence-electron chi connectivity index (χ1n) is 6.93. The quantitative estimate of drug-likeness (QED) is 0.783. The number of aliphatic hydroxyl groups is 1. The van der Waals surface area contributed by atoms with Gasteiger partial charge in [-0.3, -0.25) is 0 Å². The summed E-state index contributed by atoms with van der Waals surface area (Å²) in [6.07, 6.45) is -0.716. The highest BCUT2D eigenvalue weighted by molar-refractivity contribution is 5.83. The van der Waals surface area contributed by atoms with Gasteiger partial charge in [0.2, 0.25) is 0 Å². The summed E-state index contributed by atoms with van der Waals surface area (Å²) in [5.74, 6) is -1.09. The lowest BCUT2D eigenvalue weighted by Gasteiger charge is -2.25. The molecule has 1 heterocycles. The third-order valence-electron chi connectivity index (χ3n) is 3.82. The smallest absolute Gasteiger partial charge is 0.326 e. The van der Waals surface area contributed by atoms with Crippen molar-refractivity contribution in [3.05, 3.63) is 35.4 Å². The molecule has 0 aromatic heterocycles. The van der Waals surface area contributed by atoms with E-state index in [1.165, 1.54) is 4.90 Å². The standard InChI is InChI=1S/C15H20N2O4/c1-9-5-3-4-6-12(9)10(2)16-15(21)17-8-11(18)7-13(17)14(19)20/h3-6,10-11,13,18H,7-8H2,1-2H3,(H,16,21)(H,19,20). The van der Waals surface area contributed by atoms with Crippen molar-refractivity contribution in [3.63, 3.8) is 0 Å². The van der Waals surface area contributed by atoms with E-state index in [4.69, 9.17) is 5.11 Å². The number of urea groups is 1. The van der Waals surface area contributed by atoms with Crippen LogP contribution in [0.4, 0.5) is 4.79 Å². The molecular formula is C15H20N2O4. The third-order valence-corrected chi connectivity index (χ3v) is 3.82. The number of rotatable bonds is 3. The second-order valence-electron chi connectivity index (χ2n) is 5.42. The van der Waals surface area contributed by atoms with Gasteiger partial charge in [-0.2, -0.15) is 0 Å². The van der Waals surface area contributed by atoms with Crippen LogP contribution in [0.2, 0.25) is 0 Å². The molecule has 2 rings (SSSR count). The summed E-state index contributed by atoms with van der Waals surface area (Å²) in [4.78, 5) is 24.6. The average Bonchev–Trinajstić information content (AvgIpc) is 2.81. The maximum atomic E-state index is 12.2. The van der Waals surface area contributed by atoms with E-state index < -0.39 is 24.1 Å². The number of hydrogen-bond donors (Lipinski definition) is 3. The van der Waals surface area contributed by atoms with E-state index in [1.807, 2.05) is 38.1 Å². The predicted octanol–water partition coefficient (Wildman–Crippen LogP) is 1.29. The van der Waals surface area contributed by atoms with Gasteiger partial charge >= 0.3 is 12.0 Å². The Labute approximate surface area is 123 Å². The monoisotopic (exact) mass is 292 g/mol. The molecule has 1 aromatic rings. The van der Waals surface area contributed by atoms with Gasteiger partial charge in [0, 0.05) is 13.0 Å². The number of aliphatic hydroxyl groups excluding tert-OH is 1. The topological polar surface area (TPSA) is 89.9 Å². The van der Waals surface area contributed by atoms with E-state index in [-0.39, 0.29) is 19.0 Å². The number of carbonyl (C=O) groups excluding carboxylic acids is 1. The number of aryl methyl sites for hydroxylation is 1. The van der Waals surface area contributed by atoms with E-state index in [2.05, 4.69) is 5.32 Å². The SMILES string of the molecule is Cc1ccccc1C(C)NC(=O)N1CC(O)CC1C(=O)O. The molecule has 1 fully saturated rings. The number of nitrogens with one attached hydrogen (secondary N) is 1. The Morgan fingerprint density at radius 1 is 1.38 bits per heavy atom. The lowest BCUT2D eigenvalue weighted by atomic mass is 10.0. The molecule has 1 aliphatic rings. The van der Waals surface area contributed by atoms with Crippen molar-refractivity contribution in [2.75, 3.05) is 6.54 Å². The number of hydrogen-bond acceptors (Lipinski definition) is 3. The molecule has 1 aromatic carbocycles. The van der Waals surface area contributed by atoms with Crippen molar-refractivity contribution >= 4 is 12.0 Å². The molecule has 3 N–H and O–H groups in total. The van der Waals surface area contributed by atoms with Gasteiger partial charge in [0.1, 0.15) is 6.04 Å². The number of carboxylic acids is 1. The second-order valence-corrected chi connectivity index (χ2v) is 5.42. The van der Waals surface area contributed by atoms with Gasteiger partial charge in [-0.05, 0) is 25.0 Å². The molecule has 114 valence electrons. The van der Waals surface area contributed by atoms with Gasteiger partial charge in [0.25, 0.3) is 0 Å². The molecule has 1 aliphatic heterocycles. The van der Waals surface area contributed by atoms with E-state index in [0.29, 0.717) is 0 Å². The third kappa shape index (κ3) is 3.33. The van der Waals surface area contributed by atoms with Gasteiger partial charge in [-0.15, -0.1) is 0 Å². The summed E-state index contributed by atoms with van der Waals surface area (Å²) in [6.45, 7) is 3.85. The highest BCUT2D eigenvalue weighted by atomic mass is 16.4. The Kier molecular flexibility index (Phi) is 4.47. The zero-order valence-electron chi connectivity index (χ0n) is 12.1. The van der Waals surface area contributed by atoms with Crippen LogP contribution >= 0.6 is 0 Å². The van der Waals surface area contributed by atoms with E-state index in [9.17, 15) is 14.7 Å². The molecule has 0 radical (unpaired) electrons. The molecule has 0 saturated carbocycles. The Bertz CT molecular complexity index is 546. The lowest BCUT2D eigenvalue weighted by molar-refractivity contribution is -0.141. The van der Waals surface area contributed by atoms with Gasteiger partial charge in [-0.1, -0.05) is 24.3 Å². The minimum absolute atomic E-state index is 0.0449. The summed E-state index contributed by atoms with van der Waals surface area (Å²) < 4.78 is 0. The molecule has 0 aliphatic carbocycles. The molecule has 1 saturated heterocycles. The second kappa shape index (κ2) is 6.13. The molecule has 3 unspecified atom stereocenters. The summed E-state index contributed by atoms with van der Waals surface area (Å²) >= 11 is 0. The molecular weight excluding hydrogens is 272 g/mol. The largest absolute Gasteiger partial charge is 0.480 e. The maximum Gasteiger partial charge on any atom is 0.326 e. The van der Waals surface area contributed by atoms with Gasteiger partial charge in [-0.25, -0.2) is 9.59 Å². The number of likely N-dealkylation sites (tertiary alicyclic amines) is 1. The van der Waals surface area contributed by atoms with Crippen LogP contribution < -0.4 is 5.32 Å². The molecule has 3 atom stereocenters. The number of aliphatic carboxylic acids is 1. The zero-order chi connectivity index (χ0) is 15.6.